The predicted molar refractivity (Wildman–Crippen MR) is 93.6 cm³/mol. The highest BCUT2D eigenvalue weighted by molar-refractivity contribution is 6.07. The molecule has 1 aromatic carbocycles. The second kappa shape index (κ2) is 6.79. The third-order valence-electron chi connectivity index (χ3n) is 4.44. The number of anilines is 1. The van der Waals surface area contributed by atoms with Gasteiger partial charge >= 0.3 is 11.9 Å². The number of alkyl halides is 3. The van der Waals surface area contributed by atoms with Gasteiger partial charge in [-0.3, -0.25) is 23.9 Å². The molecular formula is C17H15F3N4O5. The van der Waals surface area contributed by atoms with E-state index in [4.69, 9.17) is 4.74 Å². The molecule has 3 N–H and O–H groups in total. The van der Waals surface area contributed by atoms with Gasteiger partial charge in [0.25, 0.3) is 11.5 Å². The summed E-state index contributed by atoms with van der Waals surface area (Å²) >= 11 is 0. The maximum Gasteiger partial charge on any atom is 0.425 e. The molecule has 1 aliphatic rings. The number of hydrogen-bond acceptors (Lipinski definition) is 5. The summed E-state index contributed by atoms with van der Waals surface area (Å²) < 4.78 is 47.5. The lowest BCUT2D eigenvalue weighted by Gasteiger charge is -2.29. The van der Waals surface area contributed by atoms with E-state index in [0.29, 0.717) is 11.3 Å². The summed E-state index contributed by atoms with van der Waals surface area (Å²) in [5.41, 5.74) is -6.68. The van der Waals surface area contributed by atoms with Crippen LogP contribution in [0.3, 0.4) is 0 Å². The highest BCUT2D eigenvalue weighted by Gasteiger charge is 2.68. The molecule has 0 saturated heterocycles. The quantitative estimate of drug-likeness (QED) is 0.673. The van der Waals surface area contributed by atoms with Crippen molar-refractivity contribution >= 4 is 17.6 Å². The van der Waals surface area contributed by atoms with Gasteiger partial charge in [0.15, 0.2) is 0 Å². The van der Waals surface area contributed by atoms with Crippen LogP contribution in [0.15, 0.2) is 33.9 Å². The van der Waals surface area contributed by atoms with Gasteiger partial charge in [0.05, 0.1) is 13.7 Å². The summed E-state index contributed by atoms with van der Waals surface area (Å²) in [6.45, 7) is 0.524. The van der Waals surface area contributed by atoms with Gasteiger partial charge in [0.2, 0.25) is 11.4 Å². The van der Waals surface area contributed by atoms with Crippen molar-refractivity contribution in [2.24, 2.45) is 0 Å². The Hall–Kier alpha value is -3.57. The third kappa shape index (κ3) is 3.15. The Labute approximate surface area is 160 Å². The number of halogens is 3. The first-order chi connectivity index (χ1) is 13.5. The normalized spacial score (nSPS) is 18.2. The van der Waals surface area contributed by atoms with E-state index in [2.05, 4.69) is 0 Å². The van der Waals surface area contributed by atoms with Crippen LogP contribution in [-0.2, 0) is 21.7 Å². The lowest BCUT2D eigenvalue weighted by Crippen LogP contribution is -2.61. The lowest BCUT2D eigenvalue weighted by atomic mass is 9.92. The van der Waals surface area contributed by atoms with E-state index < -0.39 is 46.2 Å². The van der Waals surface area contributed by atoms with Crippen molar-refractivity contribution in [1.29, 1.82) is 0 Å². The van der Waals surface area contributed by atoms with Crippen LogP contribution in [0.5, 0.6) is 5.75 Å². The number of amides is 2. The SMILES string of the molecule is COc1ccc(Cn2c3c(c(=O)[nH]c2=O)[C@@](NC(C)=O)(C(F)(F)F)C(=O)N3)cc1. The largest absolute Gasteiger partial charge is 0.497 e. The van der Waals surface area contributed by atoms with Crippen LogP contribution < -0.4 is 26.6 Å². The lowest BCUT2D eigenvalue weighted by molar-refractivity contribution is -0.200. The molecule has 2 heterocycles. The fourth-order valence-corrected chi connectivity index (χ4v) is 3.15. The van der Waals surface area contributed by atoms with Crippen molar-refractivity contribution in [3.8, 4) is 5.75 Å². The predicted octanol–water partition coefficient (Wildman–Crippen LogP) is 0.439. The van der Waals surface area contributed by atoms with E-state index in [0.717, 1.165) is 11.5 Å². The maximum absolute atomic E-state index is 13.9. The van der Waals surface area contributed by atoms with Crippen molar-refractivity contribution in [2.75, 3.05) is 12.4 Å². The number of nitrogens with zero attached hydrogens (tertiary/aromatic N) is 1. The fourth-order valence-electron chi connectivity index (χ4n) is 3.15. The summed E-state index contributed by atoms with van der Waals surface area (Å²) in [6.07, 6.45) is -5.34. The number of aromatic amines is 1. The number of hydrogen-bond donors (Lipinski definition) is 3. The second-order valence-electron chi connectivity index (χ2n) is 6.30. The molecule has 0 unspecified atom stereocenters. The Morgan fingerprint density at radius 1 is 1.21 bits per heavy atom. The molecule has 154 valence electrons. The van der Waals surface area contributed by atoms with Gasteiger partial charge in [0, 0.05) is 6.92 Å². The van der Waals surface area contributed by atoms with Crippen LogP contribution in [0.1, 0.15) is 18.1 Å². The third-order valence-corrected chi connectivity index (χ3v) is 4.44. The average Bonchev–Trinajstić information content (AvgIpc) is 2.92. The molecule has 0 bridgehead atoms. The number of rotatable bonds is 4. The van der Waals surface area contributed by atoms with Gasteiger partial charge in [0.1, 0.15) is 17.1 Å². The Bertz CT molecular complexity index is 1100. The number of fused-ring (bicyclic) bond motifs is 1. The molecule has 1 atom stereocenters. The second-order valence-corrected chi connectivity index (χ2v) is 6.30. The molecule has 2 aromatic rings. The monoisotopic (exact) mass is 412 g/mol. The van der Waals surface area contributed by atoms with E-state index >= 15 is 0 Å². The Morgan fingerprint density at radius 3 is 2.34 bits per heavy atom. The van der Waals surface area contributed by atoms with E-state index in [1.165, 1.54) is 12.4 Å². The highest BCUT2D eigenvalue weighted by atomic mass is 19.4. The fraction of sp³-hybridized carbons (Fsp3) is 0.294. The molecule has 0 spiro atoms. The average molecular weight is 412 g/mol. The molecule has 29 heavy (non-hydrogen) atoms. The number of ether oxygens (including phenoxy) is 1. The minimum absolute atomic E-state index is 0.254. The van der Waals surface area contributed by atoms with E-state index in [-0.39, 0.29) is 6.54 Å². The molecule has 3 rings (SSSR count). The first-order valence-electron chi connectivity index (χ1n) is 8.18. The first kappa shape index (κ1) is 20.2. The van der Waals surface area contributed by atoms with Crippen molar-refractivity contribution in [3.63, 3.8) is 0 Å². The van der Waals surface area contributed by atoms with E-state index in [1.54, 1.807) is 29.2 Å². The first-order valence-corrected chi connectivity index (χ1v) is 8.18. The van der Waals surface area contributed by atoms with Gasteiger partial charge in [-0.15, -0.1) is 0 Å². The van der Waals surface area contributed by atoms with Crippen LogP contribution in [0.2, 0.25) is 0 Å². The van der Waals surface area contributed by atoms with Gasteiger partial charge in [-0.2, -0.15) is 13.2 Å². The van der Waals surface area contributed by atoms with Crippen LogP contribution in [-0.4, -0.2) is 34.7 Å². The summed E-state index contributed by atoms with van der Waals surface area (Å²) in [5.74, 6) is -2.99. The molecule has 1 aliphatic heterocycles. The summed E-state index contributed by atoms with van der Waals surface area (Å²) in [4.78, 5) is 50.1. The number of carbonyl (C=O) groups is 2. The molecule has 1 aromatic heterocycles. The Balaban J connectivity index is 2.23. The molecule has 12 heteroatoms. The molecule has 9 nitrogen and oxygen atoms in total. The van der Waals surface area contributed by atoms with Crippen molar-refractivity contribution in [3.05, 3.63) is 56.2 Å². The zero-order chi connectivity index (χ0) is 21.6. The summed E-state index contributed by atoms with van der Waals surface area (Å²) in [6, 6.07) is 6.26. The van der Waals surface area contributed by atoms with Crippen LogP contribution in [0, 0.1) is 0 Å². The zero-order valence-electron chi connectivity index (χ0n) is 15.1. The van der Waals surface area contributed by atoms with Crippen molar-refractivity contribution in [2.45, 2.75) is 25.2 Å². The van der Waals surface area contributed by atoms with Crippen LogP contribution in [0.25, 0.3) is 0 Å². The number of carbonyl (C=O) groups excluding carboxylic acids is 2. The van der Waals surface area contributed by atoms with Gasteiger partial charge in [-0.1, -0.05) is 12.1 Å². The molecule has 0 fully saturated rings. The Morgan fingerprint density at radius 2 is 1.83 bits per heavy atom. The molecule has 0 saturated carbocycles. The molecule has 2 amide bonds. The minimum Gasteiger partial charge on any atom is -0.497 e. The number of aromatic nitrogens is 2. The van der Waals surface area contributed by atoms with Crippen LogP contribution >= 0.6 is 0 Å². The van der Waals surface area contributed by atoms with Crippen LogP contribution in [0.4, 0.5) is 19.0 Å². The number of H-pyrrole nitrogens is 1. The number of nitrogens with one attached hydrogen (secondary N) is 3. The molecular weight excluding hydrogens is 397 g/mol. The van der Waals surface area contributed by atoms with E-state index in [1.807, 2.05) is 5.32 Å². The maximum atomic E-state index is 13.9. The van der Waals surface area contributed by atoms with Gasteiger partial charge < -0.3 is 15.4 Å². The topological polar surface area (TPSA) is 122 Å². The standard InChI is InChI=1S/C17H15F3N4O5/c1-8(25)23-16(17(18,19)20)11-12(21-14(16)27)24(15(28)22-13(11)26)7-9-3-5-10(29-2)6-4-9/h3-6H,7H2,1-2H3,(H,21,27)(H,23,25)(H,22,26,28)/t16-/m0/s1. The molecule has 0 radical (unpaired) electrons. The molecule has 0 aliphatic carbocycles. The highest BCUT2D eigenvalue weighted by Crippen LogP contribution is 2.44. The van der Waals surface area contributed by atoms with Gasteiger partial charge in [-0.25, -0.2) is 4.79 Å². The number of methoxy groups -OCH3 is 1. The number of benzene rings is 1. The minimum atomic E-state index is -5.34. The summed E-state index contributed by atoms with van der Waals surface area (Å²) in [7, 11) is 1.45. The van der Waals surface area contributed by atoms with E-state index in [9.17, 15) is 32.3 Å². The zero-order valence-corrected chi connectivity index (χ0v) is 15.1. The van der Waals surface area contributed by atoms with Crippen molar-refractivity contribution in [1.82, 2.24) is 14.9 Å². The smallest absolute Gasteiger partial charge is 0.425 e. The Kier molecular flexibility index (Phi) is 4.73. The van der Waals surface area contributed by atoms with Crippen molar-refractivity contribution < 1.29 is 27.5 Å². The summed E-state index contributed by atoms with van der Waals surface area (Å²) in [5, 5.41) is 3.48. The van der Waals surface area contributed by atoms with Gasteiger partial charge in [-0.05, 0) is 17.7 Å².